The van der Waals surface area contributed by atoms with Crippen molar-refractivity contribution in [2.75, 3.05) is 12.3 Å². The molecular formula is C14H18N6. The topological polar surface area (TPSA) is 95.6 Å². The average molecular weight is 270 g/mol. The van der Waals surface area contributed by atoms with Crippen LogP contribution in [0.4, 0.5) is 5.82 Å². The van der Waals surface area contributed by atoms with Gasteiger partial charge in [0.1, 0.15) is 5.52 Å². The summed E-state index contributed by atoms with van der Waals surface area (Å²) in [5.74, 6) is 0.430. The van der Waals surface area contributed by atoms with E-state index in [1.165, 1.54) is 0 Å². The second-order valence-electron chi connectivity index (χ2n) is 4.80. The molecule has 0 spiro atoms. The Morgan fingerprint density at radius 2 is 2.20 bits per heavy atom. The Balaban J connectivity index is 2.42. The van der Waals surface area contributed by atoms with E-state index < -0.39 is 0 Å². The van der Waals surface area contributed by atoms with E-state index in [0.717, 1.165) is 41.4 Å². The minimum absolute atomic E-state index is 0.430. The van der Waals surface area contributed by atoms with E-state index in [0.29, 0.717) is 18.0 Å². The van der Waals surface area contributed by atoms with E-state index in [1.807, 2.05) is 16.8 Å². The quantitative estimate of drug-likeness (QED) is 0.748. The summed E-state index contributed by atoms with van der Waals surface area (Å²) in [6.45, 7) is 3.56. The van der Waals surface area contributed by atoms with Crippen molar-refractivity contribution in [2.45, 2.75) is 26.3 Å². The number of nitrogens with zero attached hydrogens (tertiary/aromatic N) is 4. The predicted octanol–water partition coefficient (Wildman–Crippen LogP) is 1.47. The normalized spacial score (nSPS) is 11.5. The van der Waals surface area contributed by atoms with Crippen LogP contribution in [0.3, 0.4) is 0 Å². The summed E-state index contributed by atoms with van der Waals surface area (Å²) in [6.07, 6.45) is 3.50. The number of hydrogen-bond donors (Lipinski definition) is 2. The Morgan fingerprint density at radius 1 is 1.35 bits per heavy atom. The Labute approximate surface area is 116 Å². The molecule has 0 saturated carbocycles. The third-order valence-electron chi connectivity index (χ3n) is 3.40. The third kappa shape index (κ3) is 1.89. The average Bonchev–Trinajstić information content (AvgIpc) is 2.80. The Bertz CT molecular complexity index is 761. The molecular weight excluding hydrogens is 252 g/mol. The lowest BCUT2D eigenvalue weighted by Crippen LogP contribution is -2.10. The van der Waals surface area contributed by atoms with Crippen molar-refractivity contribution in [3.8, 4) is 0 Å². The number of hydrogen-bond acceptors (Lipinski definition) is 5. The molecule has 20 heavy (non-hydrogen) atoms. The summed E-state index contributed by atoms with van der Waals surface area (Å²) < 4.78 is 2.00. The number of fused-ring (bicyclic) bond motifs is 3. The second-order valence-corrected chi connectivity index (χ2v) is 4.80. The van der Waals surface area contributed by atoms with Crippen LogP contribution in [0.2, 0.25) is 0 Å². The highest BCUT2D eigenvalue weighted by molar-refractivity contribution is 6.08. The second kappa shape index (κ2) is 5.05. The Morgan fingerprint density at radius 3 is 2.95 bits per heavy atom. The van der Waals surface area contributed by atoms with Crippen LogP contribution in [0.25, 0.3) is 21.9 Å². The molecule has 0 bridgehead atoms. The maximum atomic E-state index is 6.04. The monoisotopic (exact) mass is 270 g/mol. The summed E-state index contributed by atoms with van der Waals surface area (Å²) in [5.41, 5.74) is 14.3. The van der Waals surface area contributed by atoms with Crippen LogP contribution in [0, 0.1) is 0 Å². The van der Waals surface area contributed by atoms with E-state index in [2.05, 4.69) is 22.0 Å². The molecule has 0 saturated heterocycles. The summed E-state index contributed by atoms with van der Waals surface area (Å²) in [7, 11) is 0. The van der Waals surface area contributed by atoms with Crippen LogP contribution in [0.5, 0.6) is 0 Å². The lowest BCUT2D eigenvalue weighted by molar-refractivity contribution is 0.579. The van der Waals surface area contributed by atoms with Gasteiger partial charge in [-0.3, -0.25) is 4.68 Å². The molecule has 0 atom stereocenters. The molecule has 3 aromatic heterocycles. The fraction of sp³-hybridized carbons (Fsp3) is 0.357. The highest BCUT2D eigenvalue weighted by atomic mass is 15.3. The van der Waals surface area contributed by atoms with Crippen molar-refractivity contribution >= 4 is 27.8 Å². The van der Waals surface area contributed by atoms with Crippen LogP contribution in [-0.2, 0) is 13.0 Å². The zero-order chi connectivity index (χ0) is 14.1. The maximum absolute atomic E-state index is 6.04. The standard InChI is InChI=1S/C14H18N6/c1-2-8-20-10(5-6-15)11-9-4-3-7-17-14(9)18-13(16)12(11)19-20/h3-4,7H,2,5-6,8,15H2,1H3,(H2,16,17,18). The number of nitrogen functional groups attached to an aromatic ring is 1. The molecule has 6 heteroatoms. The third-order valence-corrected chi connectivity index (χ3v) is 3.40. The molecule has 3 heterocycles. The highest BCUT2D eigenvalue weighted by Crippen LogP contribution is 2.29. The molecule has 6 nitrogen and oxygen atoms in total. The Hall–Kier alpha value is -2.21. The van der Waals surface area contributed by atoms with Crippen molar-refractivity contribution in [1.29, 1.82) is 0 Å². The van der Waals surface area contributed by atoms with E-state index >= 15 is 0 Å². The zero-order valence-corrected chi connectivity index (χ0v) is 11.5. The number of rotatable bonds is 4. The summed E-state index contributed by atoms with van der Waals surface area (Å²) in [4.78, 5) is 8.63. The predicted molar refractivity (Wildman–Crippen MR) is 80.3 cm³/mol. The molecule has 0 radical (unpaired) electrons. The highest BCUT2D eigenvalue weighted by Gasteiger charge is 2.17. The molecule has 0 aliphatic rings. The first-order chi connectivity index (χ1) is 9.76. The largest absolute Gasteiger partial charge is 0.382 e. The van der Waals surface area contributed by atoms with Crippen LogP contribution in [0.15, 0.2) is 18.3 Å². The van der Waals surface area contributed by atoms with Crippen molar-refractivity contribution < 1.29 is 0 Å². The fourth-order valence-corrected chi connectivity index (χ4v) is 2.59. The lowest BCUT2D eigenvalue weighted by atomic mass is 10.1. The van der Waals surface area contributed by atoms with E-state index in [-0.39, 0.29) is 0 Å². The van der Waals surface area contributed by atoms with Gasteiger partial charge in [-0.2, -0.15) is 5.10 Å². The molecule has 0 fully saturated rings. The van der Waals surface area contributed by atoms with Crippen LogP contribution in [-0.4, -0.2) is 26.3 Å². The summed E-state index contributed by atoms with van der Waals surface area (Å²) in [5, 5.41) is 6.65. The molecule has 3 aromatic rings. The minimum atomic E-state index is 0.430. The Kier molecular flexibility index (Phi) is 3.23. The number of aryl methyl sites for hydroxylation is 1. The van der Waals surface area contributed by atoms with Gasteiger partial charge < -0.3 is 11.5 Å². The molecule has 0 aliphatic heterocycles. The van der Waals surface area contributed by atoms with Crippen molar-refractivity contribution in [2.24, 2.45) is 5.73 Å². The van der Waals surface area contributed by atoms with Crippen molar-refractivity contribution in [3.63, 3.8) is 0 Å². The maximum Gasteiger partial charge on any atom is 0.162 e. The van der Waals surface area contributed by atoms with Crippen molar-refractivity contribution in [3.05, 3.63) is 24.0 Å². The molecule has 0 aliphatic carbocycles. The first-order valence-electron chi connectivity index (χ1n) is 6.86. The van der Waals surface area contributed by atoms with Gasteiger partial charge in [0.25, 0.3) is 0 Å². The van der Waals surface area contributed by atoms with Crippen molar-refractivity contribution in [1.82, 2.24) is 19.7 Å². The fourth-order valence-electron chi connectivity index (χ4n) is 2.59. The summed E-state index contributed by atoms with van der Waals surface area (Å²) in [6, 6.07) is 3.91. The van der Waals surface area contributed by atoms with Crippen LogP contribution in [0.1, 0.15) is 19.0 Å². The SMILES string of the molecule is CCCn1nc2c(N)nc3ncccc3c2c1CCN. The lowest BCUT2D eigenvalue weighted by Gasteiger charge is -2.06. The van der Waals surface area contributed by atoms with Gasteiger partial charge >= 0.3 is 0 Å². The van der Waals surface area contributed by atoms with Gasteiger partial charge in [0.15, 0.2) is 11.5 Å². The van der Waals surface area contributed by atoms with E-state index in [9.17, 15) is 0 Å². The van der Waals surface area contributed by atoms with E-state index in [4.69, 9.17) is 11.5 Å². The molecule has 0 amide bonds. The van der Waals surface area contributed by atoms with Crippen LogP contribution < -0.4 is 11.5 Å². The molecule has 0 unspecified atom stereocenters. The smallest absolute Gasteiger partial charge is 0.162 e. The number of anilines is 1. The zero-order valence-electron chi connectivity index (χ0n) is 11.5. The molecule has 3 rings (SSSR count). The minimum Gasteiger partial charge on any atom is -0.382 e. The first-order valence-corrected chi connectivity index (χ1v) is 6.86. The van der Waals surface area contributed by atoms with Gasteiger partial charge in [-0.25, -0.2) is 9.97 Å². The van der Waals surface area contributed by atoms with Gasteiger partial charge in [0.2, 0.25) is 0 Å². The first kappa shape index (κ1) is 12.8. The number of nitrogens with two attached hydrogens (primary N) is 2. The summed E-state index contributed by atoms with van der Waals surface area (Å²) >= 11 is 0. The van der Waals surface area contributed by atoms with Gasteiger partial charge in [-0.1, -0.05) is 6.92 Å². The molecule has 0 aromatic carbocycles. The van der Waals surface area contributed by atoms with Gasteiger partial charge in [-0.05, 0) is 25.1 Å². The van der Waals surface area contributed by atoms with Gasteiger partial charge in [-0.15, -0.1) is 0 Å². The van der Waals surface area contributed by atoms with Crippen LogP contribution >= 0.6 is 0 Å². The molecule has 4 N–H and O–H groups in total. The number of pyridine rings is 2. The molecule has 104 valence electrons. The number of aromatic nitrogens is 4. The van der Waals surface area contributed by atoms with Gasteiger partial charge in [0, 0.05) is 35.6 Å². The van der Waals surface area contributed by atoms with Gasteiger partial charge in [0.05, 0.1) is 0 Å². The van der Waals surface area contributed by atoms with E-state index in [1.54, 1.807) is 6.20 Å².